The lowest BCUT2D eigenvalue weighted by atomic mass is 10.1. The van der Waals surface area contributed by atoms with Crippen LogP contribution in [-0.2, 0) is 0 Å². The topological polar surface area (TPSA) is 3.24 Å². The summed E-state index contributed by atoms with van der Waals surface area (Å²) in [4.78, 5) is 2.51. The highest BCUT2D eigenvalue weighted by atomic mass is 15.1. The maximum absolute atomic E-state index is 2.51. The Labute approximate surface area is 77.5 Å². The molecule has 0 unspecified atom stereocenters. The van der Waals surface area contributed by atoms with Crippen molar-refractivity contribution in [2.45, 2.75) is 47.1 Å². The fraction of sp³-hybridized carbons (Fsp3) is 0.818. The molecule has 1 aliphatic rings. The molecule has 72 valence electrons. The van der Waals surface area contributed by atoms with Gasteiger partial charge in [-0.2, -0.15) is 0 Å². The predicted octanol–water partition coefficient (Wildman–Crippen LogP) is 3.07. The van der Waals surface area contributed by atoms with Gasteiger partial charge < -0.3 is 0 Å². The summed E-state index contributed by atoms with van der Waals surface area (Å²) in [6.07, 6.45) is 3.59. The lowest BCUT2D eigenvalue weighted by Gasteiger charge is -2.29. The molecule has 1 aliphatic heterocycles. The van der Waals surface area contributed by atoms with Gasteiger partial charge in [0, 0.05) is 19.1 Å². The van der Waals surface area contributed by atoms with Crippen molar-refractivity contribution in [3.05, 3.63) is 11.6 Å². The Morgan fingerprint density at radius 2 is 1.92 bits per heavy atom. The highest BCUT2D eigenvalue weighted by Gasteiger charge is 2.11. The van der Waals surface area contributed by atoms with Crippen molar-refractivity contribution in [1.82, 2.24) is 4.90 Å². The molecule has 1 heterocycles. The zero-order chi connectivity index (χ0) is 9.56. The Morgan fingerprint density at radius 3 is 2.25 bits per heavy atom. The third-order valence-electron chi connectivity index (χ3n) is 2.09. The summed E-state index contributed by atoms with van der Waals surface area (Å²) >= 11 is 0. The van der Waals surface area contributed by atoms with Gasteiger partial charge in [-0.1, -0.05) is 25.5 Å². The monoisotopic (exact) mass is 169 g/mol. The minimum atomic E-state index is 0.712. The zero-order valence-corrected chi connectivity index (χ0v) is 9.22. The molecule has 1 nitrogen and oxygen atoms in total. The van der Waals surface area contributed by atoms with Gasteiger partial charge in [-0.15, -0.1) is 0 Å². The molecule has 0 amide bonds. The first-order valence-electron chi connectivity index (χ1n) is 5.10. The third-order valence-corrected chi connectivity index (χ3v) is 2.09. The van der Waals surface area contributed by atoms with Crippen LogP contribution >= 0.6 is 0 Å². The van der Waals surface area contributed by atoms with Gasteiger partial charge in [-0.3, -0.25) is 4.90 Å². The average Bonchev–Trinajstić information content (AvgIpc) is 2.08. The molecule has 0 aromatic rings. The van der Waals surface area contributed by atoms with E-state index in [1.165, 1.54) is 25.1 Å². The Hall–Kier alpha value is -0.300. The van der Waals surface area contributed by atoms with E-state index in [0.717, 1.165) is 0 Å². The van der Waals surface area contributed by atoms with Crippen molar-refractivity contribution in [3.8, 4) is 0 Å². The molecule has 1 heteroatoms. The summed E-state index contributed by atoms with van der Waals surface area (Å²) in [6.45, 7) is 13.2. The van der Waals surface area contributed by atoms with Crippen LogP contribution in [0.1, 0.15) is 41.0 Å². The standard InChI is InChI=1S/C9H17N.C2H6/c1-8(2)10-6-4-5-9(3)7-10;1-2/h5,8H,4,6-7H2,1-3H3;1-2H3. The second-order valence-corrected chi connectivity index (χ2v) is 3.40. The Morgan fingerprint density at radius 1 is 1.33 bits per heavy atom. The summed E-state index contributed by atoms with van der Waals surface area (Å²) in [5.41, 5.74) is 1.53. The first-order valence-corrected chi connectivity index (χ1v) is 5.10. The van der Waals surface area contributed by atoms with Gasteiger partial charge >= 0.3 is 0 Å². The molecular weight excluding hydrogens is 146 g/mol. The summed E-state index contributed by atoms with van der Waals surface area (Å²) < 4.78 is 0. The van der Waals surface area contributed by atoms with E-state index in [2.05, 4.69) is 31.7 Å². The first kappa shape index (κ1) is 11.7. The summed E-state index contributed by atoms with van der Waals surface area (Å²) in [5, 5.41) is 0. The molecule has 0 fully saturated rings. The lowest BCUT2D eigenvalue weighted by Crippen LogP contribution is -2.35. The van der Waals surface area contributed by atoms with Crippen molar-refractivity contribution in [1.29, 1.82) is 0 Å². The van der Waals surface area contributed by atoms with Crippen LogP contribution in [0.25, 0.3) is 0 Å². The highest BCUT2D eigenvalue weighted by molar-refractivity contribution is 5.04. The van der Waals surface area contributed by atoms with E-state index in [1.807, 2.05) is 13.8 Å². The molecule has 0 aliphatic carbocycles. The number of rotatable bonds is 1. The van der Waals surface area contributed by atoms with Crippen molar-refractivity contribution in [2.24, 2.45) is 0 Å². The molecule has 0 N–H and O–H groups in total. The quantitative estimate of drug-likeness (QED) is 0.545. The van der Waals surface area contributed by atoms with E-state index >= 15 is 0 Å². The van der Waals surface area contributed by atoms with Gasteiger partial charge in [-0.25, -0.2) is 0 Å². The Kier molecular flexibility index (Phi) is 6.09. The summed E-state index contributed by atoms with van der Waals surface area (Å²) in [5.74, 6) is 0. The van der Waals surface area contributed by atoms with Gasteiger partial charge in [-0.05, 0) is 27.2 Å². The van der Waals surface area contributed by atoms with E-state index in [1.54, 1.807) is 0 Å². The number of hydrogen-bond acceptors (Lipinski definition) is 1. The molecule has 0 aromatic heterocycles. The van der Waals surface area contributed by atoms with Crippen LogP contribution in [-0.4, -0.2) is 24.0 Å². The molecule has 0 atom stereocenters. The minimum Gasteiger partial charge on any atom is -0.297 e. The largest absolute Gasteiger partial charge is 0.297 e. The van der Waals surface area contributed by atoms with Crippen LogP contribution in [0, 0.1) is 0 Å². The van der Waals surface area contributed by atoms with E-state index in [4.69, 9.17) is 0 Å². The molecule has 0 bridgehead atoms. The van der Waals surface area contributed by atoms with Crippen LogP contribution in [0.15, 0.2) is 11.6 Å². The first-order chi connectivity index (χ1) is 5.70. The smallest absolute Gasteiger partial charge is 0.0192 e. The predicted molar refractivity (Wildman–Crippen MR) is 56.4 cm³/mol. The van der Waals surface area contributed by atoms with Gasteiger partial charge in [0.25, 0.3) is 0 Å². The van der Waals surface area contributed by atoms with E-state index in [9.17, 15) is 0 Å². The Balaban J connectivity index is 0.000000561. The van der Waals surface area contributed by atoms with E-state index < -0.39 is 0 Å². The zero-order valence-electron chi connectivity index (χ0n) is 9.22. The Bertz CT molecular complexity index is 136. The fourth-order valence-corrected chi connectivity index (χ4v) is 1.38. The van der Waals surface area contributed by atoms with Gasteiger partial charge in [0.2, 0.25) is 0 Å². The highest BCUT2D eigenvalue weighted by Crippen LogP contribution is 2.10. The van der Waals surface area contributed by atoms with E-state index in [-0.39, 0.29) is 0 Å². The normalized spacial score (nSPS) is 18.3. The summed E-state index contributed by atoms with van der Waals surface area (Å²) in [7, 11) is 0. The SMILES string of the molecule is CC.CC1=CCCN(C(C)C)C1. The molecule has 12 heavy (non-hydrogen) atoms. The van der Waals surface area contributed by atoms with Crippen LogP contribution in [0.5, 0.6) is 0 Å². The molecule has 1 rings (SSSR count). The molecule has 0 saturated heterocycles. The third kappa shape index (κ3) is 3.91. The fourth-order valence-electron chi connectivity index (χ4n) is 1.38. The maximum atomic E-state index is 2.51. The van der Waals surface area contributed by atoms with Gasteiger partial charge in [0.05, 0.1) is 0 Å². The van der Waals surface area contributed by atoms with Gasteiger partial charge in [0.1, 0.15) is 0 Å². The van der Waals surface area contributed by atoms with Crippen LogP contribution < -0.4 is 0 Å². The molecule has 0 spiro atoms. The van der Waals surface area contributed by atoms with Crippen LogP contribution in [0.2, 0.25) is 0 Å². The van der Waals surface area contributed by atoms with Crippen molar-refractivity contribution in [2.75, 3.05) is 13.1 Å². The maximum Gasteiger partial charge on any atom is 0.0192 e. The van der Waals surface area contributed by atoms with Crippen molar-refractivity contribution < 1.29 is 0 Å². The number of nitrogens with zero attached hydrogens (tertiary/aromatic N) is 1. The lowest BCUT2D eigenvalue weighted by molar-refractivity contribution is 0.236. The van der Waals surface area contributed by atoms with Crippen LogP contribution in [0.4, 0.5) is 0 Å². The molecular formula is C11H23N. The minimum absolute atomic E-state index is 0.712. The molecule has 0 radical (unpaired) electrons. The van der Waals surface area contributed by atoms with Crippen molar-refractivity contribution >= 4 is 0 Å². The second-order valence-electron chi connectivity index (χ2n) is 3.40. The number of hydrogen-bond donors (Lipinski definition) is 0. The molecule has 0 aromatic carbocycles. The van der Waals surface area contributed by atoms with Gasteiger partial charge in [0.15, 0.2) is 0 Å². The second kappa shape index (κ2) is 6.24. The van der Waals surface area contributed by atoms with Crippen LogP contribution in [0.3, 0.4) is 0 Å². The van der Waals surface area contributed by atoms with Crippen molar-refractivity contribution in [3.63, 3.8) is 0 Å². The summed E-state index contributed by atoms with van der Waals surface area (Å²) in [6, 6.07) is 0.712. The average molecular weight is 169 g/mol. The van der Waals surface area contributed by atoms with E-state index in [0.29, 0.717) is 6.04 Å². The molecule has 0 saturated carbocycles.